The van der Waals surface area contributed by atoms with Gasteiger partial charge in [0.15, 0.2) is 6.10 Å². The fourth-order valence-electron chi connectivity index (χ4n) is 1.27. The minimum absolute atomic E-state index is 0.268. The van der Waals surface area contributed by atoms with E-state index in [1.807, 2.05) is 6.92 Å². The van der Waals surface area contributed by atoms with Crippen molar-refractivity contribution in [3.05, 3.63) is 12.2 Å². The molecule has 5 nitrogen and oxygen atoms in total. The van der Waals surface area contributed by atoms with Crippen LogP contribution in [0.1, 0.15) is 20.3 Å². The molecule has 0 aliphatic carbocycles. The van der Waals surface area contributed by atoms with E-state index in [9.17, 15) is 4.79 Å². The Bertz CT molecular complexity index is 241. The van der Waals surface area contributed by atoms with Crippen molar-refractivity contribution in [2.24, 2.45) is 0 Å². The fraction of sp³-hybridized carbons (Fsp3) is 0.727. The average molecular weight is 232 g/mol. The summed E-state index contributed by atoms with van der Waals surface area (Å²) >= 11 is 0. The zero-order valence-corrected chi connectivity index (χ0v) is 10.5. The van der Waals surface area contributed by atoms with Crippen molar-refractivity contribution in [3.63, 3.8) is 0 Å². The lowest BCUT2D eigenvalue weighted by molar-refractivity contribution is -0.381. The second kappa shape index (κ2) is 6.62. The molecular formula is C11H20O5. The first-order valence-electron chi connectivity index (χ1n) is 4.99. The Morgan fingerprint density at radius 2 is 1.81 bits per heavy atom. The topological polar surface area (TPSA) is 54.0 Å². The van der Waals surface area contributed by atoms with Crippen LogP contribution in [0.5, 0.6) is 0 Å². The molecule has 0 saturated heterocycles. The second-order valence-corrected chi connectivity index (χ2v) is 3.31. The van der Waals surface area contributed by atoms with Crippen LogP contribution in [0.15, 0.2) is 12.2 Å². The molecule has 0 fully saturated rings. The van der Waals surface area contributed by atoms with Gasteiger partial charge in [0.2, 0.25) is 0 Å². The summed E-state index contributed by atoms with van der Waals surface area (Å²) in [6.45, 7) is 6.91. The van der Waals surface area contributed by atoms with Crippen LogP contribution >= 0.6 is 0 Å². The largest absolute Gasteiger partial charge is 0.402 e. The van der Waals surface area contributed by atoms with Crippen LogP contribution in [0.25, 0.3) is 0 Å². The van der Waals surface area contributed by atoms with E-state index in [1.165, 1.54) is 21.3 Å². The number of hydrogen-bond donors (Lipinski definition) is 0. The van der Waals surface area contributed by atoms with Crippen molar-refractivity contribution in [2.75, 3.05) is 21.3 Å². The molecule has 1 atom stereocenters. The molecule has 0 radical (unpaired) electrons. The molecule has 0 aliphatic rings. The standard InChI is InChI=1S/C11H20O5/c1-7-9(13-4)11(14-5,15-6)16-10(12)8(2)3/h9H,2,7H2,1,3-6H3. The van der Waals surface area contributed by atoms with E-state index in [2.05, 4.69) is 6.58 Å². The van der Waals surface area contributed by atoms with Gasteiger partial charge >= 0.3 is 11.9 Å². The number of carbonyl (C=O) groups excluding carboxylic acids is 1. The highest BCUT2D eigenvalue weighted by Crippen LogP contribution is 2.24. The van der Waals surface area contributed by atoms with Gasteiger partial charge in [-0.3, -0.25) is 0 Å². The van der Waals surface area contributed by atoms with Crippen LogP contribution in [-0.4, -0.2) is 39.4 Å². The van der Waals surface area contributed by atoms with Gasteiger partial charge in [-0.05, 0) is 13.3 Å². The van der Waals surface area contributed by atoms with Crippen molar-refractivity contribution in [1.82, 2.24) is 0 Å². The zero-order chi connectivity index (χ0) is 12.8. The monoisotopic (exact) mass is 232 g/mol. The van der Waals surface area contributed by atoms with Gasteiger partial charge in [0, 0.05) is 26.9 Å². The normalized spacial score (nSPS) is 13.3. The summed E-state index contributed by atoms with van der Waals surface area (Å²) in [5.41, 5.74) is 0.268. The highest BCUT2D eigenvalue weighted by Gasteiger charge is 2.43. The minimum Gasteiger partial charge on any atom is -0.402 e. The first-order chi connectivity index (χ1) is 7.47. The van der Waals surface area contributed by atoms with Crippen molar-refractivity contribution in [2.45, 2.75) is 32.3 Å². The molecule has 1 unspecified atom stereocenters. The molecule has 0 aliphatic heterocycles. The number of methoxy groups -OCH3 is 3. The maximum absolute atomic E-state index is 11.5. The minimum atomic E-state index is -1.53. The smallest absolute Gasteiger partial charge is 0.356 e. The van der Waals surface area contributed by atoms with Gasteiger partial charge in [0.25, 0.3) is 0 Å². The SMILES string of the molecule is C=C(C)C(=O)OC(OC)(OC)C(CC)OC. The Kier molecular flexibility index (Phi) is 6.25. The van der Waals surface area contributed by atoms with E-state index in [1.54, 1.807) is 6.92 Å². The predicted molar refractivity (Wildman–Crippen MR) is 58.7 cm³/mol. The molecule has 0 heterocycles. The van der Waals surface area contributed by atoms with Crippen LogP contribution in [0.3, 0.4) is 0 Å². The fourth-order valence-corrected chi connectivity index (χ4v) is 1.27. The van der Waals surface area contributed by atoms with Crippen LogP contribution < -0.4 is 0 Å². The number of hydrogen-bond acceptors (Lipinski definition) is 5. The third-order valence-corrected chi connectivity index (χ3v) is 2.20. The van der Waals surface area contributed by atoms with Crippen molar-refractivity contribution < 1.29 is 23.7 Å². The average Bonchev–Trinajstić information content (AvgIpc) is 2.28. The number of ether oxygens (including phenoxy) is 4. The van der Waals surface area contributed by atoms with Crippen molar-refractivity contribution in [3.8, 4) is 0 Å². The van der Waals surface area contributed by atoms with Gasteiger partial charge in [-0.2, -0.15) is 0 Å². The molecule has 0 N–H and O–H groups in total. The van der Waals surface area contributed by atoms with Gasteiger partial charge in [-0.25, -0.2) is 4.79 Å². The van der Waals surface area contributed by atoms with Crippen LogP contribution in [0, 0.1) is 0 Å². The summed E-state index contributed by atoms with van der Waals surface area (Å²) in [5.74, 6) is -2.11. The molecule has 0 aromatic heterocycles. The summed E-state index contributed by atoms with van der Waals surface area (Å²) in [4.78, 5) is 11.5. The lowest BCUT2D eigenvalue weighted by Crippen LogP contribution is -2.50. The van der Waals surface area contributed by atoms with E-state index in [0.717, 1.165) is 0 Å². The molecule has 0 bridgehead atoms. The van der Waals surface area contributed by atoms with E-state index in [0.29, 0.717) is 6.42 Å². The first kappa shape index (κ1) is 15.1. The van der Waals surface area contributed by atoms with Crippen LogP contribution in [0.4, 0.5) is 0 Å². The maximum atomic E-state index is 11.5. The quantitative estimate of drug-likeness (QED) is 0.378. The Morgan fingerprint density at radius 3 is 2.06 bits per heavy atom. The Balaban J connectivity index is 4.93. The summed E-state index contributed by atoms with van der Waals surface area (Å²) in [6.07, 6.45) is 0.0626. The van der Waals surface area contributed by atoms with E-state index in [-0.39, 0.29) is 5.57 Å². The molecule has 0 rings (SSSR count). The van der Waals surface area contributed by atoms with E-state index in [4.69, 9.17) is 18.9 Å². The number of esters is 1. The van der Waals surface area contributed by atoms with Crippen molar-refractivity contribution >= 4 is 5.97 Å². The summed E-state index contributed by atoms with van der Waals surface area (Å²) in [5, 5.41) is 0. The maximum Gasteiger partial charge on any atom is 0.356 e. The van der Waals surface area contributed by atoms with Gasteiger partial charge in [0.05, 0.1) is 0 Å². The Hall–Kier alpha value is -0.910. The zero-order valence-electron chi connectivity index (χ0n) is 10.5. The summed E-state index contributed by atoms with van der Waals surface area (Å²) < 4.78 is 20.5. The Labute approximate surface area is 96.3 Å². The molecule has 0 spiro atoms. The molecule has 0 aromatic carbocycles. The molecule has 94 valence electrons. The van der Waals surface area contributed by atoms with E-state index >= 15 is 0 Å². The van der Waals surface area contributed by atoms with Crippen molar-refractivity contribution in [1.29, 1.82) is 0 Å². The highest BCUT2D eigenvalue weighted by atomic mass is 16.9. The number of carbonyl (C=O) groups is 1. The highest BCUT2D eigenvalue weighted by molar-refractivity contribution is 5.87. The molecule has 0 saturated carbocycles. The molecule has 16 heavy (non-hydrogen) atoms. The second-order valence-electron chi connectivity index (χ2n) is 3.31. The molecule has 0 aromatic rings. The van der Waals surface area contributed by atoms with Gasteiger partial charge in [-0.15, -0.1) is 0 Å². The first-order valence-corrected chi connectivity index (χ1v) is 4.99. The third kappa shape index (κ3) is 3.30. The number of rotatable bonds is 7. The van der Waals surface area contributed by atoms with Gasteiger partial charge in [-0.1, -0.05) is 13.5 Å². The van der Waals surface area contributed by atoms with Crippen LogP contribution in [-0.2, 0) is 23.7 Å². The molecular weight excluding hydrogens is 212 g/mol. The molecule has 0 amide bonds. The summed E-state index contributed by atoms with van der Waals surface area (Å²) in [6, 6.07) is 0. The third-order valence-electron chi connectivity index (χ3n) is 2.20. The lowest BCUT2D eigenvalue weighted by atomic mass is 10.2. The van der Waals surface area contributed by atoms with Crippen LogP contribution in [0.2, 0.25) is 0 Å². The predicted octanol–water partition coefficient (Wildman–Crippen LogP) is 1.48. The Morgan fingerprint density at radius 1 is 1.31 bits per heavy atom. The van der Waals surface area contributed by atoms with Gasteiger partial charge in [0.1, 0.15) is 0 Å². The van der Waals surface area contributed by atoms with Gasteiger partial charge < -0.3 is 18.9 Å². The van der Waals surface area contributed by atoms with E-state index < -0.39 is 18.0 Å². The molecule has 5 heteroatoms. The summed E-state index contributed by atoms with van der Waals surface area (Å²) in [7, 11) is 4.27. The lowest BCUT2D eigenvalue weighted by Gasteiger charge is -2.35.